The summed E-state index contributed by atoms with van der Waals surface area (Å²) in [6.45, 7) is 0.353. The van der Waals surface area contributed by atoms with Gasteiger partial charge in [-0.3, -0.25) is 4.79 Å². The van der Waals surface area contributed by atoms with E-state index in [1.165, 1.54) is 12.1 Å². The van der Waals surface area contributed by atoms with Crippen molar-refractivity contribution in [3.05, 3.63) is 35.4 Å². The molecule has 2 aliphatic carbocycles. The minimum atomic E-state index is -4.35. The second kappa shape index (κ2) is 6.56. The van der Waals surface area contributed by atoms with E-state index in [-0.39, 0.29) is 18.3 Å². The van der Waals surface area contributed by atoms with Crippen molar-refractivity contribution in [2.45, 2.75) is 55.7 Å². The minimum Gasteiger partial charge on any atom is -0.354 e. The fourth-order valence-corrected chi connectivity index (χ4v) is 3.43. The van der Waals surface area contributed by atoms with Crippen molar-refractivity contribution in [1.29, 1.82) is 0 Å². The molecule has 7 heteroatoms. The third-order valence-electron chi connectivity index (χ3n) is 5.19. The average Bonchev–Trinajstić information content (AvgIpc) is 3.09. The van der Waals surface area contributed by atoms with Gasteiger partial charge in [0, 0.05) is 12.0 Å². The van der Waals surface area contributed by atoms with Crippen LogP contribution in [0, 0.1) is 0 Å². The fraction of sp³-hybridized carbons (Fsp3) is 0.588. The van der Waals surface area contributed by atoms with Crippen LogP contribution >= 0.6 is 12.4 Å². The summed E-state index contributed by atoms with van der Waals surface area (Å²) in [5, 5.41) is 2.88. The number of nitrogens with one attached hydrogen (secondary N) is 1. The lowest BCUT2D eigenvalue weighted by Crippen LogP contribution is -2.47. The molecule has 2 fully saturated rings. The Hall–Kier alpha value is -1.27. The molecule has 3 rings (SSSR count). The first kappa shape index (κ1) is 19.1. The van der Waals surface area contributed by atoms with Gasteiger partial charge >= 0.3 is 6.18 Å². The van der Waals surface area contributed by atoms with Crippen LogP contribution in [0.1, 0.15) is 49.7 Å². The van der Waals surface area contributed by atoms with Gasteiger partial charge in [0.05, 0.1) is 11.1 Å². The number of benzene rings is 1. The highest BCUT2D eigenvalue weighted by Crippen LogP contribution is 2.42. The quantitative estimate of drug-likeness (QED) is 0.860. The number of carbonyl (C=O) groups is 1. The molecule has 0 unspecified atom stereocenters. The SMILES string of the molecule is Cl.NC1(C(=O)NCC2(c3cccc(C(F)(F)F)c3)CCCC2)CC1. The van der Waals surface area contributed by atoms with Gasteiger partial charge in [0.1, 0.15) is 0 Å². The summed E-state index contributed by atoms with van der Waals surface area (Å²) in [6, 6.07) is 5.50. The van der Waals surface area contributed by atoms with E-state index in [0.29, 0.717) is 24.9 Å². The summed E-state index contributed by atoms with van der Waals surface area (Å²) in [6.07, 6.45) is 0.483. The van der Waals surface area contributed by atoms with E-state index in [1.807, 2.05) is 0 Å². The van der Waals surface area contributed by atoms with Crippen LogP contribution in [0.2, 0.25) is 0 Å². The highest BCUT2D eigenvalue weighted by molar-refractivity contribution is 5.89. The lowest BCUT2D eigenvalue weighted by molar-refractivity contribution is -0.137. The monoisotopic (exact) mass is 362 g/mol. The summed E-state index contributed by atoms with van der Waals surface area (Å²) in [4.78, 5) is 12.1. The van der Waals surface area contributed by atoms with E-state index in [4.69, 9.17) is 5.73 Å². The first-order valence-electron chi connectivity index (χ1n) is 8.00. The van der Waals surface area contributed by atoms with Gasteiger partial charge < -0.3 is 11.1 Å². The van der Waals surface area contributed by atoms with Crippen molar-refractivity contribution in [2.75, 3.05) is 6.54 Å². The number of amides is 1. The molecule has 0 saturated heterocycles. The van der Waals surface area contributed by atoms with Crippen LogP contribution in [0.25, 0.3) is 0 Å². The van der Waals surface area contributed by atoms with E-state index in [9.17, 15) is 18.0 Å². The molecule has 0 atom stereocenters. The highest BCUT2D eigenvalue weighted by Gasteiger charge is 2.47. The van der Waals surface area contributed by atoms with Gasteiger partial charge in [-0.2, -0.15) is 13.2 Å². The van der Waals surface area contributed by atoms with Gasteiger partial charge in [0.25, 0.3) is 0 Å². The van der Waals surface area contributed by atoms with E-state index >= 15 is 0 Å². The predicted octanol–water partition coefficient (Wildman–Crippen LogP) is 3.55. The number of rotatable bonds is 4. The van der Waals surface area contributed by atoms with Crippen LogP contribution in [-0.2, 0) is 16.4 Å². The van der Waals surface area contributed by atoms with E-state index in [2.05, 4.69) is 5.32 Å². The topological polar surface area (TPSA) is 55.1 Å². The van der Waals surface area contributed by atoms with E-state index < -0.39 is 22.7 Å². The molecule has 134 valence electrons. The Morgan fingerprint density at radius 1 is 1.17 bits per heavy atom. The van der Waals surface area contributed by atoms with Crippen molar-refractivity contribution < 1.29 is 18.0 Å². The molecule has 24 heavy (non-hydrogen) atoms. The highest BCUT2D eigenvalue weighted by atomic mass is 35.5. The average molecular weight is 363 g/mol. The van der Waals surface area contributed by atoms with Crippen LogP contribution in [0.15, 0.2) is 24.3 Å². The molecular formula is C17H22ClF3N2O. The first-order chi connectivity index (χ1) is 10.8. The van der Waals surface area contributed by atoms with E-state index in [1.54, 1.807) is 6.07 Å². The van der Waals surface area contributed by atoms with E-state index in [0.717, 1.165) is 31.7 Å². The molecule has 0 spiro atoms. The molecule has 1 amide bonds. The molecule has 0 bridgehead atoms. The standard InChI is InChI=1S/C17H21F3N2O.ClH/c18-17(19,20)13-5-3-4-12(10-13)15(6-1-2-7-15)11-22-14(23)16(21)8-9-16;/h3-5,10H,1-2,6-9,11,21H2,(H,22,23);1H. The molecule has 1 aromatic carbocycles. The lowest BCUT2D eigenvalue weighted by atomic mass is 9.78. The number of alkyl halides is 3. The zero-order valence-corrected chi connectivity index (χ0v) is 14.1. The smallest absolute Gasteiger partial charge is 0.354 e. The molecule has 2 aliphatic rings. The number of halogens is 4. The predicted molar refractivity (Wildman–Crippen MR) is 88.0 cm³/mol. The Balaban J connectivity index is 0.00000208. The Bertz CT molecular complexity index is 608. The third kappa shape index (κ3) is 3.70. The van der Waals surface area contributed by atoms with Crippen LogP contribution in [-0.4, -0.2) is 18.0 Å². The molecule has 2 saturated carbocycles. The van der Waals surface area contributed by atoms with Gasteiger partial charge in [0.2, 0.25) is 5.91 Å². The van der Waals surface area contributed by atoms with Crippen molar-refractivity contribution in [3.63, 3.8) is 0 Å². The Kier molecular flexibility index (Phi) is 5.21. The molecule has 0 aliphatic heterocycles. The third-order valence-corrected chi connectivity index (χ3v) is 5.19. The number of hydrogen-bond donors (Lipinski definition) is 2. The van der Waals surface area contributed by atoms with Crippen molar-refractivity contribution in [3.8, 4) is 0 Å². The first-order valence-corrected chi connectivity index (χ1v) is 8.00. The maximum atomic E-state index is 13.0. The Morgan fingerprint density at radius 2 is 1.79 bits per heavy atom. The van der Waals surface area contributed by atoms with Gasteiger partial charge in [-0.1, -0.05) is 31.0 Å². The maximum Gasteiger partial charge on any atom is 0.416 e. The largest absolute Gasteiger partial charge is 0.416 e. The van der Waals surface area contributed by atoms with Crippen LogP contribution < -0.4 is 11.1 Å². The Morgan fingerprint density at radius 3 is 2.33 bits per heavy atom. The van der Waals surface area contributed by atoms with Gasteiger partial charge in [-0.15, -0.1) is 12.4 Å². The molecular weight excluding hydrogens is 341 g/mol. The number of hydrogen-bond acceptors (Lipinski definition) is 2. The van der Waals surface area contributed by atoms with Crippen LogP contribution in [0.3, 0.4) is 0 Å². The minimum absolute atomic E-state index is 0. The zero-order valence-electron chi connectivity index (χ0n) is 13.3. The summed E-state index contributed by atoms with van der Waals surface area (Å²) in [5.74, 6) is -0.184. The normalized spacial score (nSPS) is 21.0. The Labute approximate surface area is 145 Å². The summed E-state index contributed by atoms with van der Waals surface area (Å²) < 4.78 is 38.9. The molecule has 0 heterocycles. The second-order valence-corrected chi connectivity index (χ2v) is 6.90. The summed E-state index contributed by atoms with van der Waals surface area (Å²) >= 11 is 0. The summed E-state index contributed by atoms with van der Waals surface area (Å²) in [7, 11) is 0. The molecule has 0 radical (unpaired) electrons. The van der Waals surface area contributed by atoms with Crippen LogP contribution in [0.4, 0.5) is 13.2 Å². The number of carbonyl (C=O) groups excluding carboxylic acids is 1. The maximum absolute atomic E-state index is 13.0. The number of nitrogens with two attached hydrogens (primary N) is 1. The fourth-order valence-electron chi connectivity index (χ4n) is 3.43. The summed E-state index contributed by atoms with van der Waals surface area (Å²) in [5.41, 5.74) is 4.73. The molecule has 0 aromatic heterocycles. The van der Waals surface area contributed by atoms with Crippen molar-refractivity contribution in [2.24, 2.45) is 5.73 Å². The lowest BCUT2D eigenvalue weighted by Gasteiger charge is -2.31. The molecule has 3 nitrogen and oxygen atoms in total. The van der Waals surface area contributed by atoms with Gasteiger partial charge in [-0.05, 0) is 37.3 Å². The van der Waals surface area contributed by atoms with Crippen molar-refractivity contribution >= 4 is 18.3 Å². The van der Waals surface area contributed by atoms with Crippen molar-refractivity contribution in [1.82, 2.24) is 5.32 Å². The van der Waals surface area contributed by atoms with Crippen LogP contribution in [0.5, 0.6) is 0 Å². The molecule has 3 N–H and O–H groups in total. The van der Waals surface area contributed by atoms with Gasteiger partial charge in [0.15, 0.2) is 0 Å². The zero-order chi connectivity index (χ0) is 16.7. The van der Waals surface area contributed by atoms with Gasteiger partial charge in [-0.25, -0.2) is 0 Å². The second-order valence-electron chi connectivity index (χ2n) is 6.90. The molecule has 1 aromatic rings.